The molecule has 2 aromatic heterocycles. The van der Waals surface area contributed by atoms with Crippen molar-refractivity contribution >= 4 is 69.2 Å². The molecule has 2 aliphatic rings. The lowest BCUT2D eigenvalue weighted by Gasteiger charge is -2.12. The highest BCUT2D eigenvalue weighted by Gasteiger charge is 2.18. The van der Waals surface area contributed by atoms with Gasteiger partial charge in [-0.3, -0.25) is 9.59 Å². The van der Waals surface area contributed by atoms with Gasteiger partial charge in [0.1, 0.15) is 29.0 Å². The summed E-state index contributed by atoms with van der Waals surface area (Å²) in [6, 6.07) is 28.8. The zero-order valence-electron chi connectivity index (χ0n) is 31.8. The number of nitrogens with zero attached hydrogens (tertiary/aromatic N) is 2. The van der Waals surface area contributed by atoms with Gasteiger partial charge in [-0.2, -0.15) is 0 Å². The first kappa shape index (κ1) is 43.9. The second-order valence-electron chi connectivity index (χ2n) is 13.0. The van der Waals surface area contributed by atoms with E-state index in [1.54, 1.807) is 63.0 Å². The minimum atomic E-state index is -0.766. The van der Waals surface area contributed by atoms with E-state index in [1.165, 1.54) is 53.3 Å². The third kappa shape index (κ3) is 11.5. The van der Waals surface area contributed by atoms with Crippen LogP contribution in [-0.2, 0) is 25.7 Å². The number of ether oxygens (including phenoxy) is 2. The lowest BCUT2D eigenvalue weighted by Crippen LogP contribution is -2.13. The summed E-state index contributed by atoms with van der Waals surface area (Å²) in [6.07, 6.45) is 10.5. The van der Waals surface area contributed by atoms with Crippen LogP contribution in [0.1, 0.15) is 55.8 Å². The summed E-state index contributed by atoms with van der Waals surface area (Å²) in [6.45, 7) is 0. The normalized spacial score (nSPS) is 11.9. The number of carbonyl (C=O) groups is 2. The third-order valence-electron chi connectivity index (χ3n) is 9.45. The van der Waals surface area contributed by atoms with Crippen molar-refractivity contribution in [2.75, 3.05) is 30.6 Å². The molecule has 8 nitrogen and oxygen atoms in total. The highest BCUT2D eigenvalue weighted by atomic mass is 35.5. The van der Waals surface area contributed by atoms with Gasteiger partial charge in [-0.1, -0.05) is 35.9 Å². The number of anilines is 2. The number of nitrogen functional groups attached to an aromatic ring is 1. The summed E-state index contributed by atoms with van der Waals surface area (Å²) in [5, 5.41) is 2.62. The van der Waals surface area contributed by atoms with Crippen molar-refractivity contribution in [1.29, 1.82) is 0 Å². The minimum absolute atomic E-state index is 0.0795. The molecule has 13 heteroatoms. The fourth-order valence-corrected chi connectivity index (χ4v) is 7.01. The van der Waals surface area contributed by atoms with E-state index in [1.807, 2.05) is 18.2 Å². The summed E-state index contributed by atoms with van der Waals surface area (Å²) >= 11 is 20.6. The first-order valence-electron chi connectivity index (χ1n) is 18.3. The van der Waals surface area contributed by atoms with Crippen molar-refractivity contribution in [3.63, 3.8) is 0 Å². The number of pyridine rings is 2. The average molecular weight is 863 g/mol. The summed E-state index contributed by atoms with van der Waals surface area (Å²) < 4.78 is 23.6. The van der Waals surface area contributed by atoms with Crippen LogP contribution in [0.25, 0.3) is 22.3 Å². The zero-order valence-corrected chi connectivity index (χ0v) is 34.9. The maximum Gasteiger partial charge on any atom is 0.258 e. The Morgan fingerprint density at radius 2 is 1.19 bits per heavy atom. The molecule has 8 rings (SSSR count). The van der Waals surface area contributed by atoms with Gasteiger partial charge >= 0.3 is 0 Å². The number of benzene rings is 4. The second-order valence-corrected chi connectivity index (χ2v) is 14.6. The number of hydrogen-bond donors (Lipinski definition) is 2. The molecule has 0 spiro atoms. The molecular weight excluding hydrogens is 821 g/mol. The minimum Gasteiger partial charge on any atom is -0.496 e. The summed E-state index contributed by atoms with van der Waals surface area (Å²) in [5.41, 5.74) is 15.7. The van der Waals surface area contributed by atoms with Crippen LogP contribution in [0.5, 0.6) is 11.5 Å². The summed E-state index contributed by atoms with van der Waals surface area (Å²) in [7, 11) is 3.40. The van der Waals surface area contributed by atoms with Crippen LogP contribution in [-0.4, -0.2) is 40.7 Å². The van der Waals surface area contributed by atoms with Crippen LogP contribution < -0.4 is 20.5 Å². The van der Waals surface area contributed by atoms with Crippen LogP contribution in [0.15, 0.2) is 109 Å². The van der Waals surface area contributed by atoms with Crippen molar-refractivity contribution < 1.29 is 23.5 Å². The van der Waals surface area contributed by atoms with Gasteiger partial charge in [0, 0.05) is 34.6 Å². The molecule has 4 aromatic carbocycles. The van der Waals surface area contributed by atoms with E-state index in [4.69, 9.17) is 61.6 Å². The standard InChI is InChI=1S/C22H19ClN2O2.C15H16N2O.C7H4ClFO.CH2Cl2/c1-27-20-12-15-6-4-5-14(15)11-18(20)16-9-10-21(24-13-16)25-22(26)17-7-2-3-8-19(17)23;1-18-14-8-11-4-2-3-10(11)7-13(14)12-5-6-15(16)17-9-12;8-7(10)5-3-1-2-4-6(5)9;2-1-3/h2-3,7-13H,4-6H2,1H3,(H,24,25,26);5-9H,2-4H2,1H3,(H2,16,17);1-4H;1H2. The summed E-state index contributed by atoms with van der Waals surface area (Å²) in [5.74, 6) is 1.92. The third-order valence-corrected chi connectivity index (χ3v) is 9.98. The van der Waals surface area contributed by atoms with Crippen molar-refractivity contribution in [2.45, 2.75) is 38.5 Å². The molecule has 0 unspecified atom stereocenters. The first-order valence-corrected chi connectivity index (χ1v) is 20.1. The van der Waals surface area contributed by atoms with Crippen LogP contribution >= 0.6 is 46.4 Å². The van der Waals surface area contributed by atoms with E-state index in [0.29, 0.717) is 22.2 Å². The molecular formula is C45H41Cl4FN4O4. The lowest BCUT2D eigenvalue weighted by molar-refractivity contribution is 0.102. The Balaban J connectivity index is 0.000000177. The Labute approximate surface area is 357 Å². The van der Waals surface area contributed by atoms with E-state index in [9.17, 15) is 14.0 Å². The number of fused-ring (bicyclic) bond motifs is 2. The largest absolute Gasteiger partial charge is 0.496 e. The molecule has 0 radical (unpaired) electrons. The van der Waals surface area contributed by atoms with E-state index in [2.05, 4.69) is 39.6 Å². The van der Waals surface area contributed by atoms with E-state index >= 15 is 0 Å². The molecule has 0 aliphatic heterocycles. The molecule has 0 fully saturated rings. The topological polar surface area (TPSA) is 116 Å². The fourth-order valence-electron chi connectivity index (χ4n) is 6.63. The Kier molecular flexibility index (Phi) is 16.3. The molecule has 300 valence electrons. The fraction of sp³-hybridized carbons (Fsp3) is 0.200. The molecule has 2 aliphatic carbocycles. The van der Waals surface area contributed by atoms with Crippen LogP contribution in [0.2, 0.25) is 5.02 Å². The van der Waals surface area contributed by atoms with Gasteiger partial charge in [0.05, 0.1) is 35.7 Å². The van der Waals surface area contributed by atoms with Gasteiger partial charge in [-0.25, -0.2) is 14.4 Å². The van der Waals surface area contributed by atoms with Gasteiger partial charge in [-0.15, -0.1) is 23.2 Å². The molecule has 0 saturated carbocycles. The Morgan fingerprint density at radius 1 is 0.707 bits per heavy atom. The predicted molar refractivity (Wildman–Crippen MR) is 233 cm³/mol. The monoisotopic (exact) mass is 860 g/mol. The summed E-state index contributed by atoms with van der Waals surface area (Å²) in [4.78, 5) is 31.3. The number of methoxy groups -OCH3 is 2. The van der Waals surface area contributed by atoms with Crippen molar-refractivity contribution in [3.05, 3.63) is 154 Å². The van der Waals surface area contributed by atoms with E-state index in [-0.39, 0.29) is 16.8 Å². The van der Waals surface area contributed by atoms with Crippen LogP contribution in [0.3, 0.4) is 0 Å². The number of alkyl halides is 2. The average Bonchev–Trinajstić information content (AvgIpc) is 3.90. The molecule has 0 saturated heterocycles. The Morgan fingerprint density at radius 3 is 1.62 bits per heavy atom. The number of amides is 1. The molecule has 0 bridgehead atoms. The number of halogens is 5. The number of aryl methyl sites for hydroxylation is 4. The molecule has 58 heavy (non-hydrogen) atoms. The molecule has 2 heterocycles. The maximum atomic E-state index is 12.5. The van der Waals surface area contributed by atoms with Gasteiger partial charge in [-0.05, 0) is 145 Å². The van der Waals surface area contributed by atoms with Gasteiger partial charge in [0.2, 0.25) is 0 Å². The second kappa shape index (κ2) is 21.5. The maximum absolute atomic E-state index is 12.5. The Bertz CT molecular complexity index is 2340. The van der Waals surface area contributed by atoms with Gasteiger partial charge < -0.3 is 20.5 Å². The number of nitrogens with one attached hydrogen (secondary N) is 1. The highest BCUT2D eigenvalue weighted by molar-refractivity contribution is 6.67. The zero-order chi connectivity index (χ0) is 41.6. The van der Waals surface area contributed by atoms with E-state index < -0.39 is 11.1 Å². The number of aromatic nitrogens is 2. The number of hydrogen-bond acceptors (Lipinski definition) is 7. The van der Waals surface area contributed by atoms with Crippen molar-refractivity contribution in [3.8, 4) is 33.8 Å². The first-order chi connectivity index (χ1) is 28.1. The molecule has 0 atom stereocenters. The quantitative estimate of drug-likeness (QED) is 0.121. The van der Waals surface area contributed by atoms with Crippen molar-refractivity contribution in [1.82, 2.24) is 9.97 Å². The molecule has 1 amide bonds. The highest BCUT2D eigenvalue weighted by Crippen LogP contribution is 2.37. The van der Waals surface area contributed by atoms with Gasteiger partial charge in [0.15, 0.2) is 0 Å². The molecule has 6 aromatic rings. The number of rotatable bonds is 7. The number of carbonyl (C=O) groups excluding carboxylic acids is 2. The Hall–Kier alpha value is -5.19. The van der Waals surface area contributed by atoms with Crippen LogP contribution in [0.4, 0.5) is 16.0 Å². The van der Waals surface area contributed by atoms with Gasteiger partial charge in [0.25, 0.3) is 11.1 Å². The number of nitrogens with two attached hydrogens (primary N) is 1. The smallest absolute Gasteiger partial charge is 0.258 e. The van der Waals surface area contributed by atoms with Crippen LogP contribution in [0, 0.1) is 5.82 Å². The molecule has 3 N–H and O–H groups in total. The van der Waals surface area contributed by atoms with E-state index in [0.717, 1.165) is 59.4 Å². The SMILES string of the molecule is COc1cc2c(cc1-c1ccc(N)nc1)CCC2.COc1cc2c(cc1-c1ccc(NC(=O)c3ccccc3Cl)nc1)CCC2.ClCCl.O=C(Cl)c1ccccc1F. The van der Waals surface area contributed by atoms with Crippen molar-refractivity contribution in [2.24, 2.45) is 0 Å². The predicted octanol–water partition coefficient (Wildman–Crippen LogP) is 11.6. The lowest BCUT2D eigenvalue weighted by atomic mass is 10.0.